The van der Waals surface area contributed by atoms with Gasteiger partial charge in [-0.05, 0) is 49.4 Å². The molecule has 23 heavy (non-hydrogen) atoms. The molecule has 1 aromatic carbocycles. The van der Waals surface area contributed by atoms with Gasteiger partial charge >= 0.3 is 0 Å². The van der Waals surface area contributed by atoms with Gasteiger partial charge < -0.3 is 5.11 Å². The first-order valence-electron chi connectivity index (χ1n) is 7.77. The molecule has 0 radical (unpaired) electrons. The predicted octanol–water partition coefficient (Wildman–Crippen LogP) is 3.03. The second kappa shape index (κ2) is 6.86. The van der Waals surface area contributed by atoms with Crippen LogP contribution in [0, 0.1) is 6.92 Å². The predicted molar refractivity (Wildman–Crippen MR) is 93.1 cm³/mol. The fraction of sp³-hybridized carbons (Fsp3) is 0.263. The molecule has 3 rings (SSSR count). The van der Waals surface area contributed by atoms with Crippen LogP contribution in [0.3, 0.4) is 0 Å². The van der Waals surface area contributed by atoms with Gasteiger partial charge in [-0.1, -0.05) is 12.1 Å². The first-order valence-corrected chi connectivity index (χ1v) is 7.77. The summed E-state index contributed by atoms with van der Waals surface area (Å²) in [5, 5.41) is 10.2. The summed E-state index contributed by atoms with van der Waals surface area (Å²) in [4.78, 5) is 11.0. The minimum atomic E-state index is 0.174. The van der Waals surface area contributed by atoms with E-state index in [0.29, 0.717) is 6.54 Å². The lowest BCUT2D eigenvalue weighted by molar-refractivity contribution is 0.217. The first kappa shape index (κ1) is 15.6. The minimum Gasteiger partial charge on any atom is -0.395 e. The van der Waals surface area contributed by atoms with Gasteiger partial charge in [-0.3, -0.25) is 9.88 Å². The Kier molecular flexibility index (Phi) is 4.65. The summed E-state index contributed by atoms with van der Waals surface area (Å²) in [5.41, 5.74) is 5.47. The second-order valence-corrected chi connectivity index (χ2v) is 5.87. The molecule has 0 aliphatic rings. The average molecular weight is 307 g/mol. The standard InChI is InChI=1S/C19H21N3O/c1-14-11-18(16-5-7-20-8-6-16)21-19-12-15(3-4-17(14)19)13-22(2)9-10-23/h3-8,11-12,23H,9-10,13H2,1-2H3. The highest BCUT2D eigenvalue weighted by Crippen LogP contribution is 2.25. The molecule has 0 bridgehead atoms. The molecule has 118 valence electrons. The van der Waals surface area contributed by atoms with Crippen molar-refractivity contribution >= 4 is 10.9 Å². The molecule has 1 N–H and O–H groups in total. The first-order chi connectivity index (χ1) is 11.2. The lowest BCUT2D eigenvalue weighted by Crippen LogP contribution is -2.21. The Bertz CT molecular complexity index is 802. The molecule has 0 unspecified atom stereocenters. The number of rotatable bonds is 5. The van der Waals surface area contributed by atoms with Crippen LogP contribution in [0.5, 0.6) is 0 Å². The van der Waals surface area contributed by atoms with Gasteiger partial charge in [0.1, 0.15) is 0 Å². The summed E-state index contributed by atoms with van der Waals surface area (Å²) >= 11 is 0. The SMILES string of the molecule is Cc1cc(-c2ccncc2)nc2cc(CN(C)CCO)ccc12. The van der Waals surface area contributed by atoms with Crippen molar-refractivity contribution in [3.05, 3.63) is 59.9 Å². The summed E-state index contributed by atoms with van der Waals surface area (Å²) in [6, 6.07) is 12.5. The van der Waals surface area contributed by atoms with Crippen LogP contribution >= 0.6 is 0 Å². The Morgan fingerprint density at radius 2 is 1.87 bits per heavy atom. The van der Waals surface area contributed by atoms with E-state index in [-0.39, 0.29) is 6.61 Å². The van der Waals surface area contributed by atoms with E-state index in [1.54, 1.807) is 12.4 Å². The van der Waals surface area contributed by atoms with Crippen molar-refractivity contribution in [3.8, 4) is 11.3 Å². The molecule has 0 aliphatic heterocycles. The molecule has 4 heteroatoms. The van der Waals surface area contributed by atoms with Gasteiger partial charge in [-0.25, -0.2) is 4.98 Å². The van der Waals surface area contributed by atoms with E-state index in [0.717, 1.165) is 23.3 Å². The molecule has 0 saturated heterocycles. The van der Waals surface area contributed by atoms with E-state index in [1.165, 1.54) is 16.5 Å². The van der Waals surface area contributed by atoms with Crippen molar-refractivity contribution in [1.29, 1.82) is 0 Å². The molecule has 4 nitrogen and oxygen atoms in total. The quantitative estimate of drug-likeness (QED) is 0.787. The molecule has 0 saturated carbocycles. The van der Waals surface area contributed by atoms with Gasteiger partial charge in [0, 0.05) is 36.4 Å². The van der Waals surface area contributed by atoms with Gasteiger partial charge in [0.25, 0.3) is 0 Å². The van der Waals surface area contributed by atoms with Gasteiger partial charge in [0.2, 0.25) is 0 Å². The normalized spacial score (nSPS) is 11.3. The zero-order valence-corrected chi connectivity index (χ0v) is 13.5. The molecule has 0 amide bonds. The lowest BCUT2D eigenvalue weighted by Gasteiger charge is -2.15. The van der Waals surface area contributed by atoms with Crippen LogP contribution in [0.25, 0.3) is 22.2 Å². The van der Waals surface area contributed by atoms with Gasteiger partial charge in [-0.15, -0.1) is 0 Å². The molecule has 0 aliphatic carbocycles. The smallest absolute Gasteiger partial charge is 0.0715 e. The lowest BCUT2D eigenvalue weighted by atomic mass is 10.0. The third-order valence-corrected chi connectivity index (χ3v) is 3.99. The van der Waals surface area contributed by atoms with Crippen LogP contribution < -0.4 is 0 Å². The molecular formula is C19H21N3O. The molecule has 2 heterocycles. The number of aryl methyl sites for hydroxylation is 1. The van der Waals surface area contributed by atoms with Crippen LogP contribution in [0.4, 0.5) is 0 Å². The van der Waals surface area contributed by atoms with Crippen LogP contribution in [-0.2, 0) is 6.54 Å². The minimum absolute atomic E-state index is 0.174. The Labute approximate surface area is 136 Å². The number of aliphatic hydroxyl groups is 1. The largest absolute Gasteiger partial charge is 0.395 e. The van der Waals surface area contributed by atoms with E-state index in [9.17, 15) is 0 Å². The summed E-state index contributed by atoms with van der Waals surface area (Å²) in [7, 11) is 2.01. The van der Waals surface area contributed by atoms with Crippen molar-refractivity contribution in [2.75, 3.05) is 20.2 Å². The van der Waals surface area contributed by atoms with Crippen molar-refractivity contribution in [1.82, 2.24) is 14.9 Å². The highest BCUT2D eigenvalue weighted by Gasteiger charge is 2.07. The summed E-state index contributed by atoms with van der Waals surface area (Å²) in [6.45, 7) is 3.76. The molecule has 0 fully saturated rings. The Morgan fingerprint density at radius 3 is 2.61 bits per heavy atom. The number of aliphatic hydroxyl groups excluding tert-OH is 1. The fourth-order valence-corrected chi connectivity index (χ4v) is 2.78. The van der Waals surface area contributed by atoms with E-state index < -0.39 is 0 Å². The molecule has 0 spiro atoms. The zero-order valence-electron chi connectivity index (χ0n) is 13.5. The van der Waals surface area contributed by atoms with Crippen molar-refractivity contribution < 1.29 is 5.11 Å². The third kappa shape index (κ3) is 3.55. The summed E-state index contributed by atoms with van der Waals surface area (Å²) in [6.07, 6.45) is 3.58. The number of nitrogens with zero attached hydrogens (tertiary/aromatic N) is 3. The van der Waals surface area contributed by atoms with E-state index in [4.69, 9.17) is 10.1 Å². The summed E-state index contributed by atoms with van der Waals surface area (Å²) < 4.78 is 0. The van der Waals surface area contributed by atoms with E-state index >= 15 is 0 Å². The van der Waals surface area contributed by atoms with Crippen LogP contribution in [0.2, 0.25) is 0 Å². The number of aromatic nitrogens is 2. The van der Waals surface area contributed by atoms with Crippen molar-refractivity contribution in [2.45, 2.75) is 13.5 Å². The van der Waals surface area contributed by atoms with Crippen molar-refractivity contribution in [3.63, 3.8) is 0 Å². The van der Waals surface area contributed by atoms with Gasteiger partial charge in [-0.2, -0.15) is 0 Å². The molecule has 3 aromatic rings. The zero-order chi connectivity index (χ0) is 16.2. The Hall–Kier alpha value is -2.30. The van der Waals surface area contributed by atoms with E-state index in [1.807, 2.05) is 19.2 Å². The fourth-order valence-electron chi connectivity index (χ4n) is 2.78. The number of fused-ring (bicyclic) bond motifs is 1. The highest BCUT2D eigenvalue weighted by atomic mass is 16.3. The monoisotopic (exact) mass is 307 g/mol. The molecule has 2 aromatic heterocycles. The third-order valence-electron chi connectivity index (χ3n) is 3.99. The molecule has 0 atom stereocenters. The molecular weight excluding hydrogens is 286 g/mol. The average Bonchev–Trinajstić information content (AvgIpc) is 2.55. The summed E-state index contributed by atoms with van der Waals surface area (Å²) in [5.74, 6) is 0. The van der Waals surface area contributed by atoms with E-state index in [2.05, 4.69) is 41.1 Å². The van der Waals surface area contributed by atoms with Crippen LogP contribution in [0.1, 0.15) is 11.1 Å². The van der Waals surface area contributed by atoms with Gasteiger partial charge in [0.15, 0.2) is 0 Å². The number of pyridine rings is 2. The number of hydrogen-bond donors (Lipinski definition) is 1. The van der Waals surface area contributed by atoms with Crippen LogP contribution in [-0.4, -0.2) is 40.2 Å². The topological polar surface area (TPSA) is 49.2 Å². The van der Waals surface area contributed by atoms with Crippen molar-refractivity contribution in [2.24, 2.45) is 0 Å². The Balaban J connectivity index is 2.00. The highest BCUT2D eigenvalue weighted by molar-refractivity contribution is 5.85. The maximum atomic E-state index is 9.03. The maximum Gasteiger partial charge on any atom is 0.0715 e. The van der Waals surface area contributed by atoms with Gasteiger partial charge in [0.05, 0.1) is 17.8 Å². The maximum absolute atomic E-state index is 9.03. The second-order valence-electron chi connectivity index (χ2n) is 5.87. The number of benzene rings is 1. The number of likely N-dealkylation sites (N-methyl/N-ethyl adjacent to an activating group) is 1. The number of hydrogen-bond acceptors (Lipinski definition) is 4. The van der Waals surface area contributed by atoms with Crippen LogP contribution in [0.15, 0.2) is 48.8 Å². The Morgan fingerprint density at radius 1 is 1.09 bits per heavy atom.